The van der Waals surface area contributed by atoms with E-state index >= 15 is 0 Å². The number of amides is 1. The summed E-state index contributed by atoms with van der Waals surface area (Å²) in [6, 6.07) is 7.71. The van der Waals surface area contributed by atoms with E-state index in [-0.39, 0.29) is 35.4 Å². The molecule has 6 N–H and O–H groups in total. The lowest BCUT2D eigenvalue weighted by atomic mass is 9.57. The number of aliphatic hydroxyl groups excluding tert-OH is 2. The van der Waals surface area contributed by atoms with Crippen molar-refractivity contribution in [2.24, 2.45) is 17.6 Å². The van der Waals surface area contributed by atoms with Crippen molar-refractivity contribution in [3.05, 3.63) is 85.7 Å². The number of carbonyl (C=O) groups excluding carboxylic acids is 3. The van der Waals surface area contributed by atoms with Gasteiger partial charge in [0.15, 0.2) is 11.4 Å². The number of non-ortho nitro benzene ring substituents is 1. The summed E-state index contributed by atoms with van der Waals surface area (Å²) < 4.78 is 0. The fourth-order valence-corrected chi connectivity index (χ4v) is 6.35. The molecule has 12 heteroatoms. The molecule has 212 valence electrons. The summed E-state index contributed by atoms with van der Waals surface area (Å²) in [7, 11) is 3.06. The zero-order valence-corrected chi connectivity index (χ0v) is 22.1. The maximum Gasteiger partial charge on any atom is 0.270 e. The number of benzene rings is 2. The Balaban J connectivity index is 1.65. The second-order valence-corrected chi connectivity index (χ2v) is 10.7. The van der Waals surface area contributed by atoms with E-state index in [9.17, 15) is 44.9 Å². The van der Waals surface area contributed by atoms with Gasteiger partial charge in [-0.1, -0.05) is 30.4 Å². The molecular formula is C29H27N3O9. The number of primary amides is 1. The monoisotopic (exact) mass is 561 g/mol. The summed E-state index contributed by atoms with van der Waals surface area (Å²) >= 11 is 0. The predicted molar refractivity (Wildman–Crippen MR) is 146 cm³/mol. The quantitative estimate of drug-likeness (QED) is 0.155. The van der Waals surface area contributed by atoms with Crippen molar-refractivity contribution < 1.29 is 39.7 Å². The maximum absolute atomic E-state index is 13.9. The molecular weight excluding hydrogens is 534 g/mol. The van der Waals surface area contributed by atoms with Gasteiger partial charge in [0, 0.05) is 23.6 Å². The van der Waals surface area contributed by atoms with Crippen LogP contribution in [0.5, 0.6) is 5.75 Å². The van der Waals surface area contributed by atoms with Crippen LogP contribution in [0, 0.1) is 22.0 Å². The summed E-state index contributed by atoms with van der Waals surface area (Å²) in [5.74, 6) is -7.18. The number of rotatable bonds is 5. The summed E-state index contributed by atoms with van der Waals surface area (Å²) in [6.07, 6.45) is 3.39. The van der Waals surface area contributed by atoms with Gasteiger partial charge in [-0.05, 0) is 55.6 Å². The van der Waals surface area contributed by atoms with Crippen LogP contribution in [0.1, 0.15) is 28.7 Å². The first-order valence-corrected chi connectivity index (χ1v) is 12.7. The third-order valence-electron chi connectivity index (χ3n) is 8.18. The van der Waals surface area contributed by atoms with Gasteiger partial charge in [0.25, 0.3) is 11.6 Å². The molecule has 1 amide bonds. The number of nitrogens with zero attached hydrogens (tertiary/aromatic N) is 2. The van der Waals surface area contributed by atoms with E-state index in [0.29, 0.717) is 16.7 Å². The van der Waals surface area contributed by atoms with Gasteiger partial charge in [0.05, 0.1) is 16.5 Å². The molecule has 0 spiro atoms. The molecule has 2 aromatic carbocycles. The molecule has 0 aliphatic heterocycles. The van der Waals surface area contributed by atoms with Gasteiger partial charge in [-0.15, -0.1) is 0 Å². The number of phenolic OH excluding ortho intramolecular Hbond substituents is 1. The normalized spacial score (nSPS) is 25.8. The molecule has 0 aromatic heterocycles. The van der Waals surface area contributed by atoms with Crippen LogP contribution < -0.4 is 5.73 Å². The number of nitrogens with two attached hydrogens (primary N) is 1. The lowest BCUT2D eigenvalue weighted by molar-refractivity contribution is -0.384. The third kappa shape index (κ3) is 4.10. The summed E-state index contributed by atoms with van der Waals surface area (Å²) in [5.41, 5.74) is 2.97. The Morgan fingerprint density at radius 2 is 1.85 bits per heavy atom. The number of nitro benzene ring substituents is 1. The fourth-order valence-electron chi connectivity index (χ4n) is 6.35. The van der Waals surface area contributed by atoms with Gasteiger partial charge in [-0.25, -0.2) is 0 Å². The number of ketones is 2. The molecule has 0 heterocycles. The zero-order valence-electron chi connectivity index (χ0n) is 22.1. The van der Waals surface area contributed by atoms with Crippen LogP contribution in [0.25, 0.3) is 17.9 Å². The molecule has 1 saturated carbocycles. The molecule has 3 aliphatic carbocycles. The average molecular weight is 562 g/mol. The molecule has 5 rings (SSSR count). The third-order valence-corrected chi connectivity index (χ3v) is 8.18. The van der Waals surface area contributed by atoms with Crippen LogP contribution in [0.3, 0.4) is 0 Å². The van der Waals surface area contributed by atoms with Crippen molar-refractivity contribution in [3.63, 3.8) is 0 Å². The minimum Gasteiger partial charge on any atom is -0.508 e. The van der Waals surface area contributed by atoms with E-state index in [1.807, 2.05) is 0 Å². The van der Waals surface area contributed by atoms with Crippen molar-refractivity contribution in [1.29, 1.82) is 0 Å². The Hall–Kier alpha value is -4.81. The van der Waals surface area contributed by atoms with Gasteiger partial charge in [-0.2, -0.15) is 0 Å². The molecule has 41 heavy (non-hydrogen) atoms. The Labute approximate surface area is 233 Å². The molecule has 1 fully saturated rings. The highest BCUT2D eigenvalue weighted by Crippen LogP contribution is 2.53. The van der Waals surface area contributed by atoms with Crippen molar-refractivity contribution in [3.8, 4) is 5.75 Å². The Kier molecular flexibility index (Phi) is 6.55. The van der Waals surface area contributed by atoms with E-state index in [2.05, 4.69) is 0 Å². The SMILES string of the molecule is CN(C)[C@H]1C(=O)C(C(N)=O)=C(O)[C@]2(O)C(=O)C3=C(O)c4c(O)ccc(C=Cc5cccc([N+](=O)[O-])c5)c4C[C@@H]3C[C@H]12. The number of likely N-dealkylation sites (N-methyl/N-ethyl adjacent to an activating group) is 1. The minimum atomic E-state index is -2.71. The number of aromatic hydroxyl groups is 1. The van der Waals surface area contributed by atoms with Gasteiger partial charge < -0.3 is 26.2 Å². The average Bonchev–Trinajstić information content (AvgIpc) is 2.90. The maximum atomic E-state index is 13.9. The van der Waals surface area contributed by atoms with Crippen LogP contribution in [0.4, 0.5) is 5.69 Å². The molecule has 0 radical (unpaired) electrons. The van der Waals surface area contributed by atoms with E-state index in [0.717, 1.165) is 0 Å². The predicted octanol–water partition coefficient (Wildman–Crippen LogP) is 2.04. The van der Waals surface area contributed by atoms with Gasteiger partial charge in [0.2, 0.25) is 5.78 Å². The van der Waals surface area contributed by atoms with E-state index in [1.54, 1.807) is 30.4 Å². The number of carbonyl (C=O) groups is 3. The second kappa shape index (κ2) is 9.68. The zero-order chi connectivity index (χ0) is 30.0. The number of nitro groups is 1. The highest BCUT2D eigenvalue weighted by molar-refractivity contribution is 6.24. The lowest BCUT2D eigenvalue weighted by Crippen LogP contribution is -2.65. The van der Waals surface area contributed by atoms with Crippen molar-refractivity contribution >= 4 is 41.1 Å². The first-order valence-electron chi connectivity index (χ1n) is 12.7. The second-order valence-electron chi connectivity index (χ2n) is 10.7. The van der Waals surface area contributed by atoms with Crippen molar-refractivity contribution in [2.75, 3.05) is 14.1 Å². The molecule has 3 aliphatic rings. The largest absolute Gasteiger partial charge is 0.508 e. The number of aliphatic hydroxyl groups is 3. The molecule has 2 aromatic rings. The first kappa shape index (κ1) is 27.7. The Bertz CT molecular complexity index is 1640. The molecule has 0 unspecified atom stereocenters. The standard InChI is InChI=1S/C29H27N3O9/c1-31(2)23-18-12-15-11-17-14(7-6-13-4-3-5-16(10-13)32(40)41)8-9-19(33)21(17)24(34)20(15)26(36)29(18,39)27(37)22(25(23)35)28(30)38/h3-10,15,18,23,33-34,37,39H,11-12H2,1-2H3,(H2,30,38)/t15-,18-,23-,29-/m1/s1. The highest BCUT2D eigenvalue weighted by atomic mass is 16.6. The van der Waals surface area contributed by atoms with Gasteiger partial charge in [0.1, 0.15) is 22.8 Å². The van der Waals surface area contributed by atoms with Gasteiger partial charge >= 0.3 is 0 Å². The smallest absolute Gasteiger partial charge is 0.270 e. The molecule has 12 nitrogen and oxygen atoms in total. The minimum absolute atomic E-state index is 0.0323. The van der Waals surface area contributed by atoms with Gasteiger partial charge in [-0.3, -0.25) is 29.4 Å². The number of Topliss-reactive ketones (excluding diaryl/α,β-unsaturated/α-hetero) is 2. The van der Waals surface area contributed by atoms with E-state index < -0.39 is 63.0 Å². The molecule has 0 saturated heterocycles. The first-order chi connectivity index (χ1) is 19.3. The Morgan fingerprint density at radius 3 is 2.49 bits per heavy atom. The van der Waals surface area contributed by atoms with E-state index in [4.69, 9.17) is 5.73 Å². The Morgan fingerprint density at radius 1 is 1.15 bits per heavy atom. The van der Waals surface area contributed by atoms with Crippen LogP contribution in [-0.2, 0) is 20.8 Å². The fraction of sp³-hybridized carbons (Fsp3) is 0.276. The van der Waals surface area contributed by atoms with Crippen LogP contribution in [-0.4, -0.2) is 73.5 Å². The number of hydrogen-bond acceptors (Lipinski definition) is 10. The highest BCUT2D eigenvalue weighted by Gasteiger charge is 2.64. The molecule has 0 bridgehead atoms. The number of fused-ring (bicyclic) bond motifs is 3. The number of hydrogen-bond donors (Lipinski definition) is 5. The van der Waals surface area contributed by atoms with E-state index in [1.165, 1.54) is 37.2 Å². The summed E-state index contributed by atoms with van der Waals surface area (Å²) in [4.78, 5) is 51.2. The summed E-state index contributed by atoms with van der Waals surface area (Å²) in [5, 5.41) is 55.7. The van der Waals surface area contributed by atoms with Crippen LogP contribution >= 0.6 is 0 Å². The lowest BCUT2D eigenvalue weighted by Gasteiger charge is -2.50. The van der Waals surface area contributed by atoms with Crippen LogP contribution in [0.15, 0.2) is 53.3 Å². The van der Waals surface area contributed by atoms with Crippen LogP contribution in [0.2, 0.25) is 0 Å². The van der Waals surface area contributed by atoms with Crippen molar-refractivity contribution in [2.45, 2.75) is 24.5 Å². The van der Waals surface area contributed by atoms with Crippen molar-refractivity contribution in [1.82, 2.24) is 4.90 Å². The summed E-state index contributed by atoms with van der Waals surface area (Å²) in [6.45, 7) is 0. The number of phenols is 1. The molecule has 4 atom stereocenters. The topological polar surface area (TPSA) is 205 Å².